The molecule has 0 aromatic heterocycles. The lowest BCUT2D eigenvalue weighted by Crippen LogP contribution is -2.46. The van der Waals surface area contributed by atoms with E-state index in [-0.39, 0.29) is 11.9 Å². The van der Waals surface area contributed by atoms with Crippen LogP contribution in [0, 0.1) is 0 Å². The number of nitrogens with zero attached hydrogens (tertiary/aromatic N) is 3. The SMILES string of the molecule is CCN1CCN(c2ccc(NC(=O)CN3CCC[C@@H]3c3ccc4c(c3)OCCO4)cc2)CC1. The summed E-state index contributed by atoms with van der Waals surface area (Å²) in [5, 5.41) is 3.09. The quantitative estimate of drug-likeness (QED) is 0.728. The van der Waals surface area contributed by atoms with Crippen LogP contribution in [0.15, 0.2) is 42.5 Å². The Labute approximate surface area is 196 Å². The van der Waals surface area contributed by atoms with Crippen molar-refractivity contribution < 1.29 is 14.3 Å². The summed E-state index contributed by atoms with van der Waals surface area (Å²) in [6, 6.07) is 14.7. The van der Waals surface area contributed by atoms with Crippen LogP contribution in [0.3, 0.4) is 0 Å². The lowest BCUT2D eigenvalue weighted by molar-refractivity contribution is -0.117. The van der Waals surface area contributed by atoms with Crippen LogP contribution >= 0.6 is 0 Å². The third-order valence-corrected chi connectivity index (χ3v) is 7.00. The van der Waals surface area contributed by atoms with E-state index in [1.807, 2.05) is 18.2 Å². The Kier molecular flexibility index (Phi) is 6.69. The molecule has 2 aromatic carbocycles. The van der Waals surface area contributed by atoms with Crippen molar-refractivity contribution in [3.63, 3.8) is 0 Å². The van der Waals surface area contributed by atoms with E-state index < -0.39 is 0 Å². The molecule has 2 saturated heterocycles. The number of piperazine rings is 1. The molecular formula is C26H34N4O3. The summed E-state index contributed by atoms with van der Waals surface area (Å²) in [6.07, 6.45) is 2.14. The zero-order chi connectivity index (χ0) is 22.6. The van der Waals surface area contributed by atoms with E-state index in [0.717, 1.165) is 69.3 Å². The van der Waals surface area contributed by atoms with Crippen LogP contribution in [-0.2, 0) is 4.79 Å². The average Bonchev–Trinajstić information content (AvgIpc) is 3.32. The number of fused-ring (bicyclic) bond motifs is 1. The fourth-order valence-electron chi connectivity index (χ4n) is 5.12. The molecule has 2 aromatic rings. The van der Waals surface area contributed by atoms with Gasteiger partial charge in [0.15, 0.2) is 11.5 Å². The molecule has 0 unspecified atom stereocenters. The number of carbonyl (C=O) groups excluding carboxylic acids is 1. The first kappa shape index (κ1) is 22.0. The first-order valence-corrected chi connectivity index (χ1v) is 12.2. The fourth-order valence-corrected chi connectivity index (χ4v) is 5.12. The van der Waals surface area contributed by atoms with E-state index >= 15 is 0 Å². The highest BCUT2D eigenvalue weighted by atomic mass is 16.6. The van der Waals surface area contributed by atoms with Gasteiger partial charge in [0, 0.05) is 43.6 Å². The fraction of sp³-hybridized carbons (Fsp3) is 0.500. The van der Waals surface area contributed by atoms with Gasteiger partial charge < -0.3 is 24.6 Å². The van der Waals surface area contributed by atoms with Gasteiger partial charge in [0.25, 0.3) is 0 Å². The van der Waals surface area contributed by atoms with Crippen LogP contribution in [0.25, 0.3) is 0 Å². The van der Waals surface area contributed by atoms with Gasteiger partial charge in [-0.3, -0.25) is 9.69 Å². The number of carbonyl (C=O) groups is 1. The summed E-state index contributed by atoms with van der Waals surface area (Å²) >= 11 is 0. The van der Waals surface area contributed by atoms with Crippen molar-refractivity contribution in [1.82, 2.24) is 9.80 Å². The van der Waals surface area contributed by atoms with Crippen LogP contribution in [0.4, 0.5) is 11.4 Å². The minimum Gasteiger partial charge on any atom is -0.486 e. The van der Waals surface area contributed by atoms with Gasteiger partial charge >= 0.3 is 0 Å². The maximum Gasteiger partial charge on any atom is 0.238 e. The second-order valence-electron chi connectivity index (χ2n) is 9.05. The summed E-state index contributed by atoms with van der Waals surface area (Å²) in [5.74, 6) is 1.65. The number of rotatable bonds is 6. The van der Waals surface area contributed by atoms with Gasteiger partial charge in [-0.15, -0.1) is 0 Å². The Bertz CT molecular complexity index is 957. The molecule has 3 heterocycles. The van der Waals surface area contributed by atoms with Crippen LogP contribution in [-0.4, -0.2) is 74.7 Å². The molecule has 7 nitrogen and oxygen atoms in total. The lowest BCUT2D eigenvalue weighted by Gasteiger charge is -2.35. The second-order valence-corrected chi connectivity index (χ2v) is 9.05. The summed E-state index contributed by atoms with van der Waals surface area (Å²) in [7, 11) is 0. The molecule has 1 N–H and O–H groups in total. The van der Waals surface area contributed by atoms with E-state index in [2.05, 4.69) is 51.2 Å². The van der Waals surface area contributed by atoms with Gasteiger partial charge in [-0.2, -0.15) is 0 Å². The third kappa shape index (κ3) is 5.09. The van der Waals surface area contributed by atoms with E-state index in [1.54, 1.807) is 0 Å². The Balaban J connectivity index is 1.17. The summed E-state index contributed by atoms with van der Waals surface area (Å²) in [5.41, 5.74) is 3.27. The minimum atomic E-state index is 0.0313. The van der Waals surface area contributed by atoms with E-state index in [1.165, 1.54) is 11.3 Å². The third-order valence-electron chi connectivity index (χ3n) is 7.00. The van der Waals surface area contributed by atoms with Crippen molar-refractivity contribution in [2.24, 2.45) is 0 Å². The molecule has 0 spiro atoms. The number of ether oxygens (including phenoxy) is 2. The topological polar surface area (TPSA) is 57.3 Å². The number of amides is 1. The molecule has 0 radical (unpaired) electrons. The molecule has 0 bridgehead atoms. The number of hydrogen-bond acceptors (Lipinski definition) is 6. The zero-order valence-corrected chi connectivity index (χ0v) is 19.5. The Morgan fingerprint density at radius 1 is 0.970 bits per heavy atom. The molecule has 3 aliphatic heterocycles. The predicted octanol–water partition coefficient (Wildman–Crippen LogP) is 3.38. The molecule has 3 aliphatic rings. The number of hydrogen-bond donors (Lipinski definition) is 1. The molecule has 0 saturated carbocycles. The van der Waals surface area contributed by atoms with E-state index in [0.29, 0.717) is 19.8 Å². The Morgan fingerprint density at radius 3 is 2.48 bits per heavy atom. The van der Waals surface area contributed by atoms with Crippen LogP contribution in [0.2, 0.25) is 0 Å². The first-order valence-electron chi connectivity index (χ1n) is 12.2. The highest BCUT2D eigenvalue weighted by Crippen LogP contribution is 2.38. The highest BCUT2D eigenvalue weighted by Gasteiger charge is 2.29. The number of anilines is 2. The second kappa shape index (κ2) is 10.0. The molecule has 176 valence electrons. The van der Waals surface area contributed by atoms with Gasteiger partial charge in [0.1, 0.15) is 13.2 Å². The normalized spacial score (nSPS) is 21.2. The summed E-state index contributed by atoms with van der Waals surface area (Å²) in [6.45, 7) is 10.1. The first-order chi connectivity index (χ1) is 16.2. The standard InChI is InChI=1S/C26H34N4O3/c1-2-28-12-14-29(15-13-28)22-8-6-21(7-9-22)27-26(31)19-30-11-3-4-23(30)20-5-10-24-25(18-20)33-17-16-32-24/h5-10,18,23H,2-4,11-17,19H2,1H3,(H,27,31)/t23-/m1/s1. The largest absolute Gasteiger partial charge is 0.486 e. The maximum atomic E-state index is 12.8. The van der Waals surface area contributed by atoms with Crippen LogP contribution < -0.4 is 19.7 Å². The van der Waals surface area contributed by atoms with Crippen LogP contribution in [0.5, 0.6) is 11.5 Å². The summed E-state index contributed by atoms with van der Waals surface area (Å²) < 4.78 is 11.4. The van der Waals surface area contributed by atoms with Gasteiger partial charge in [-0.05, 0) is 67.9 Å². The number of likely N-dealkylation sites (tertiary alicyclic amines) is 1. The van der Waals surface area contributed by atoms with Crippen molar-refractivity contribution in [3.8, 4) is 11.5 Å². The van der Waals surface area contributed by atoms with Crippen molar-refractivity contribution in [1.29, 1.82) is 0 Å². The molecule has 1 amide bonds. The van der Waals surface area contributed by atoms with Crippen molar-refractivity contribution >= 4 is 17.3 Å². The highest BCUT2D eigenvalue weighted by molar-refractivity contribution is 5.92. The smallest absolute Gasteiger partial charge is 0.238 e. The van der Waals surface area contributed by atoms with Gasteiger partial charge in [0.05, 0.1) is 6.54 Å². The molecule has 7 heteroatoms. The monoisotopic (exact) mass is 450 g/mol. The minimum absolute atomic E-state index is 0.0313. The molecular weight excluding hydrogens is 416 g/mol. The van der Waals surface area contributed by atoms with Gasteiger partial charge in [-0.25, -0.2) is 0 Å². The van der Waals surface area contributed by atoms with Gasteiger partial charge in [0.2, 0.25) is 5.91 Å². The Morgan fingerprint density at radius 2 is 1.73 bits per heavy atom. The maximum absolute atomic E-state index is 12.8. The molecule has 2 fully saturated rings. The summed E-state index contributed by atoms with van der Waals surface area (Å²) in [4.78, 5) is 20.0. The molecule has 33 heavy (non-hydrogen) atoms. The average molecular weight is 451 g/mol. The zero-order valence-electron chi connectivity index (χ0n) is 19.5. The Hall–Kier alpha value is -2.77. The predicted molar refractivity (Wildman–Crippen MR) is 130 cm³/mol. The molecule has 5 rings (SSSR count). The number of benzene rings is 2. The van der Waals surface area contributed by atoms with E-state index in [4.69, 9.17) is 9.47 Å². The van der Waals surface area contributed by atoms with Crippen molar-refractivity contribution in [2.75, 3.05) is 69.2 Å². The van der Waals surface area contributed by atoms with Gasteiger partial charge in [-0.1, -0.05) is 13.0 Å². The lowest BCUT2D eigenvalue weighted by atomic mass is 10.0. The number of nitrogens with one attached hydrogen (secondary N) is 1. The van der Waals surface area contributed by atoms with Crippen molar-refractivity contribution in [3.05, 3.63) is 48.0 Å². The van der Waals surface area contributed by atoms with Crippen molar-refractivity contribution in [2.45, 2.75) is 25.8 Å². The van der Waals surface area contributed by atoms with Crippen LogP contribution in [0.1, 0.15) is 31.4 Å². The molecule has 1 atom stereocenters. The number of likely N-dealkylation sites (N-methyl/N-ethyl adjacent to an activating group) is 1. The van der Waals surface area contributed by atoms with E-state index in [9.17, 15) is 4.79 Å². The molecule has 0 aliphatic carbocycles.